The van der Waals surface area contributed by atoms with E-state index in [1.54, 1.807) is 36.5 Å². The predicted octanol–water partition coefficient (Wildman–Crippen LogP) is 3.94. The average molecular weight is 357 g/mol. The normalized spacial score (nSPS) is 13.5. The largest absolute Gasteiger partial charge is 0.292 e. The van der Waals surface area contributed by atoms with Crippen molar-refractivity contribution in [3.63, 3.8) is 0 Å². The summed E-state index contributed by atoms with van der Waals surface area (Å²) in [5.41, 5.74) is 2.00. The van der Waals surface area contributed by atoms with E-state index in [9.17, 15) is 9.59 Å². The van der Waals surface area contributed by atoms with Crippen LogP contribution in [0.1, 0.15) is 25.6 Å². The molecule has 0 fully saturated rings. The second-order valence-electron chi connectivity index (χ2n) is 5.93. The maximum absolute atomic E-state index is 12.5. The van der Waals surface area contributed by atoms with E-state index in [1.165, 1.54) is 17.7 Å². The Labute approximate surface area is 152 Å². The third kappa shape index (κ3) is 2.16. The van der Waals surface area contributed by atoms with E-state index in [0.717, 1.165) is 20.9 Å². The van der Waals surface area contributed by atoms with E-state index in [0.29, 0.717) is 11.1 Å². The van der Waals surface area contributed by atoms with Crippen molar-refractivity contribution in [1.29, 1.82) is 0 Å². The minimum atomic E-state index is -0.209. The molecule has 0 saturated carbocycles. The Morgan fingerprint density at radius 3 is 2.50 bits per heavy atom. The fourth-order valence-corrected chi connectivity index (χ4v) is 4.09. The number of ketones is 2. The Kier molecular flexibility index (Phi) is 3.20. The molecule has 0 unspecified atom stereocenters. The number of rotatable bonds is 2. The number of Topliss-reactive ketones (excluding diaryl/α,β-unsaturated/α-hetero) is 2. The number of thiophene rings is 1. The van der Waals surface area contributed by atoms with Crippen LogP contribution in [0, 0.1) is 0 Å². The fraction of sp³-hybridized carbons (Fsp3) is 0. The fourth-order valence-electron chi connectivity index (χ4n) is 3.15. The van der Waals surface area contributed by atoms with Gasteiger partial charge in [-0.25, -0.2) is 9.97 Å². The molecule has 5 rings (SSSR count). The van der Waals surface area contributed by atoms with Gasteiger partial charge in [0.2, 0.25) is 0 Å². The molecule has 124 valence electrons. The Hall–Kier alpha value is -3.38. The van der Waals surface area contributed by atoms with Gasteiger partial charge in [-0.1, -0.05) is 24.3 Å². The minimum Gasteiger partial charge on any atom is -0.292 e. The van der Waals surface area contributed by atoms with Gasteiger partial charge < -0.3 is 0 Å². The lowest BCUT2D eigenvalue weighted by Crippen LogP contribution is -1.99. The molecule has 26 heavy (non-hydrogen) atoms. The molecule has 0 radical (unpaired) electrons. The molecule has 5 nitrogen and oxygen atoms in total. The number of fused-ring (bicyclic) bond motifs is 2. The monoisotopic (exact) mass is 357 g/mol. The van der Waals surface area contributed by atoms with E-state index in [-0.39, 0.29) is 17.1 Å². The summed E-state index contributed by atoms with van der Waals surface area (Å²) < 4.78 is 1.97. The summed E-state index contributed by atoms with van der Waals surface area (Å²) in [6.45, 7) is 0. The van der Waals surface area contributed by atoms with Crippen LogP contribution >= 0.6 is 11.3 Å². The number of aromatic nitrogens is 3. The molecule has 1 aliphatic carbocycles. The molecule has 3 aromatic heterocycles. The third-order valence-electron chi connectivity index (χ3n) is 4.39. The third-order valence-corrected chi connectivity index (χ3v) is 5.42. The molecule has 3 heterocycles. The summed E-state index contributed by atoms with van der Waals surface area (Å²) in [4.78, 5) is 34.2. The molecule has 0 spiro atoms. The topological polar surface area (TPSA) is 64.8 Å². The van der Waals surface area contributed by atoms with Gasteiger partial charge in [0, 0.05) is 33.8 Å². The summed E-state index contributed by atoms with van der Waals surface area (Å²) in [6, 6.07) is 12.8. The number of benzene rings is 1. The maximum Gasteiger partial charge on any atom is 0.197 e. The molecule has 1 aliphatic rings. The van der Waals surface area contributed by atoms with Crippen molar-refractivity contribution >= 4 is 40.0 Å². The van der Waals surface area contributed by atoms with Crippen molar-refractivity contribution in [2.45, 2.75) is 0 Å². The van der Waals surface area contributed by atoms with Crippen LogP contribution < -0.4 is 0 Å². The molecule has 6 heteroatoms. The van der Waals surface area contributed by atoms with E-state index < -0.39 is 0 Å². The molecule has 0 saturated heterocycles. The molecule has 0 aliphatic heterocycles. The number of hydrogen-bond acceptors (Lipinski definition) is 5. The second-order valence-corrected chi connectivity index (χ2v) is 7.02. The first-order valence-electron chi connectivity index (χ1n) is 8.00. The van der Waals surface area contributed by atoms with Crippen LogP contribution in [-0.2, 0) is 0 Å². The van der Waals surface area contributed by atoms with Gasteiger partial charge in [0.25, 0.3) is 0 Å². The minimum absolute atomic E-state index is 0.209. The van der Waals surface area contributed by atoms with Crippen LogP contribution in [0.25, 0.3) is 22.1 Å². The lowest BCUT2D eigenvalue weighted by Gasteiger charge is -1.99. The summed E-state index contributed by atoms with van der Waals surface area (Å²) >= 11 is 1.50. The van der Waals surface area contributed by atoms with Crippen molar-refractivity contribution in [3.8, 4) is 5.00 Å². The van der Waals surface area contributed by atoms with Gasteiger partial charge in [0.05, 0.1) is 5.57 Å². The Bertz CT molecular complexity index is 1200. The highest BCUT2D eigenvalue weighted by Gasteiger charge is 2.32. The van der Waals surface area contributed by atoms with Crippen molar-refractivity contribution in [2.24, 2.45) is 0 Å². The first-order valence-corrected chi connectivity index (χ1v) is 8.81. The maximum atomic E-state index is 12.5. The Morgan fingerprint density at radius 2 is 1.73 bits per heavy atom. The van der Waals surface area contributed by atoms with Crippen molar-refractivity contribution < 1.29 is 9.59 Å². The van der Waals surface area contributed by atoms with Gasteiger partial charge in [0.1, 0.15) is 17.0 Å². The molecule has 0 N–H and O–H groups in total. The highest BCUT2D eigenvalue weighted by atomic mass is 32.1. The molecule has 0 atom stereocenters. The molecular weight excluding hydrogens is 346 g/mol. The van der Waals surface area contributed by atoms with Crippen LogP contribution in [0.4, 0.5) is 0 Å². The molecular formula is C20H11N3O2S. The number of allylic oxidation sites excluding steroid dienone is 1. The van der Waals surface area contributed by atoms with Crippen LogP contribution in [0.3, 0.4) is 0 Å². The first-order chi connectivity index (χ1) is 12.7. The van der Waals surface area contributed by atoms with Crippen LogP contribution in [-0.4, -0.2) is 26.1 Å². The Balaban J connectivity index is 1.55. The van der Waals surface area contributed by atoms with Crippen molar-refractivity contribution in [2.75, 3.05) is 0 Å². The summed E-state index contributed by atoms with van der Waals surface area (Å²) in [6.07, 6.45) is 6.90. The number of hydrogen-bond donors (Lipinski definition) is 0. The smallest absolute Gasteiger partial charge is 0.197 e. The predicted molar refractivity (Wildman–Crippen MR) is 99.8 cm³/mol. The standard InChI is InChI=1S/C20H11N3O2S/c24-18-14-3-1-2-4-15(14)19(25)16(18)9-13-5-6-17(26-13)23-8-7-12-10-21-11-22-20(12)23/h1-11H. The van der Waals surface area contributed by atoms with E-state index in [1.807, 2.05) is 29.0 Å². The first kappa shape index (κ1) is 14.9. The van der Waals surface area contributed by atoms with Gasteiger partial charge in [-0.3, -0.25) is 14.2 Å². The lowest BCUT2D eigenvalue weighted by molar-refractivity contribution is 0.0990. The quantitative estimate of drug-likeness (QED) is 0.403. The number of carbonyl (C=O) groups is 2. The Morgan fingerprint density at radius 1 is 0.962 bits per heavy atom. The second kappa shape index (κ2) is 5.57. The zero-order chi connectivity index (χ0) is 17.7. The van der Waals surface area contributed by atoms with Gasteiger partial charge in [-0.05, 0) is 24.3 Å². The van der Waals surface area contributed by atoms with Crippen LogP contribution in [0.2, 0.25) is 0 Å². The average Bonchev–Trinajstić information content (AvgIpc) is 3.36. The van der Waals surface area contributed by atoms with E-state index >= 15 is 0 Å². The zero-order valence-electron chi connectivity index (χ0n) is 13.4. The van der Waals surface area contributed by atoms with Gasteiger partial charge in [-0.15, -0.1) is 11.3 Å². The van der Waals surface area contributed by atoms with Crippen LogP contribution in [0.15, 0.2) is 66.8 Å². The van der Waals surface area contributed by atoms with Crippen molar-refractivity contribution in [1.82, 2.24) is 14.5 Å². The van der Waals surface area contributed by atoms with E-state index in [4.69, 9.17) is 0 Å². The number of carbonyl (C=O) groups excluding carboxylic acids is 2. The highest BCUT2D eigenvalue weighted by Crippen LogP contribution is 2.31. The van der Waals surface area contributed by atoms with Gasteiger partial charge in [-0.2, -0.15) is 0 Å². The van der Waals surface area contributed by atoms with Crippen LogP contribution in [0.5, 0.6) is 0 Å². The van der Waals surface area contributed by atoms with E-state index in [2.05, 4.69) is 9.97 Å². The lowest BCUT2D eigenvalue weighted by atomic mass is 10.1. The van der Waals surface area contributed by atoms with Gasteiger partial charge in [0.15, 0.2) is 11.6 Å². The zero-order valence-corrected chi connectivity index (χ0v) is 14.2. The molecule has 0 amide bonds. The molecule has 0 bridgehead atoms. The highest BCUT2D eigenvalue weighted by molar-refractivity contribution is 7.15. The molecule has 1 aromatic carbocycles. The molecule has 4 aromatic rings. The summed E-state index contributed by atoms with van der Waals surface area (Å²) in [5.74, 6) is -0.417. The SMILES string of the molecule is O=C1C(=Cc2ccc(-n3ccc4cncnc43)s2)C(=O)c2ccccc21. The summed E-state index contributed by atoms with van der Waals surface area (Å²) in [5, 5.41) is 1.92. The van der Waals surface area contributed by atoms with Crippen molar-refractivity contribution in [3.05, 3.63) is 82.8 Å². The van der Waals surface area contributed by atoms with Gasteiger partial charge >= 0.3 is 0 Å². The summed E-state index contributed by atoms with van der Waals surface area (Å²) in [7, 11) is 0. The number of nitrogens with zero attached hydrogens (tertiary/aromatic N) is 3.